The molecule has 0 saturated heterocycles. The molecule has 2 rings (SSSR count). The smallest absolute Gasteiger partial charge is 0.227 e. The summed E-state index contributed by atoms with van der Waals surface area (Å²) >= 11 is 0. The highest BCUT2D eigenvalue weighted by Gasteiger charge is 2.17. The van der Waals surface area contributed by atoms with Crippen molar-refractivity contribution >= 4 is 5.88 Å². The molecule has 0 bridgehead atoms. The van der Waals surface area contributed by atoms with Crippen LogP contribution >= 0.6 is 0 Å². The molecule has 0 aromatic carbocycles. The lowest BCUT2D eigenvalue weighted by molar-refractivity contribution is 0.424. The maximum Gasteiger partial charge on any atom is 0.227 e. The van der Waals surface area contributed by atoms with Crippen LogP contribution in [0.2, 0.25) is 0 Å². The summed E-state index contributed by atoms with van der Waals surface area (Å²) in [5.41, 5.74) is 2.44. The zero-order valence-corrected chi connectivity index (χ0v) is 6.68. The van der Waals surface area contributed by atoms with Crippen molar-refractivity contribution in [3.05, 3.63) is 11.3 Å². The van der Waals surface area contributed by atoms with Crippen LogP contribution in [-0.2, 0) is 12.8 Å². The molecule has 0 spiro atoms. The lowest BCUT2D eigenvalue weighted by atomic mass is 9.98. The van der Waals surface area contributed by atoms with Crippen molar-refractivity contribution in [2.45, 2.75) is 25.7 Å². The molecule has 0 unspecified atom stereocenters. The molecule has 60 valence electrons. The van der Waals surface area contributed by atoms with E-state index < -0.39 is 0 Å². The van der Waals surface area contributed by atoms with Gasteiger partial charge in [0.15, 0.2) is 0 Å². The maximum atomic E-state index is 5.11. The van der Waals surface area contributed by atoms with E-state index in [0.717, 1.165) is 24.4 Å². The van der Waals surface area contributed by atoms with Crippen molar-refractivity contribution in [2.24, 2.45) is 0 Å². The van der Waals surface area contributed by atoms with Crippen LogP contribution in [0.1, 0.15) is 24.1 Å². The Balaban J connectivity index is 2.38. The second-order valence-electron chi connectivity index (χ2n) is 2.89. The lowest BCUT2D eigenvalue weighted by Gasteiger charge is -2.07. The predicted molar refractivity (Wildman–Crippen MR) is 42.7 cm³/mol. The number of hydrogen-bond donors (Lipinski definition) is 1. The topological polar surface area (TPSA) is 38.1 Å². The Morgan fingerprint density at radius 2 is 2.18 bits per heavy atom. The van der Waals surface area contributed by atoms with Crippen LogP contribution in [0.4, 0.5) is 5.88 Å². The normalized spacial score (nSPS) is 16.1. The molecule has 1 N–H and O–H groups in total. The number of rotatable bonds is 1. The van der Waals surface area contributed by atoms with E-state index in [1.165, 1.54) is 18.4 Å². The SMILES string of the molecule is CNc1onc2c1CCCC2. The minimum atomic E-state index is 0.861. The molecule has 1 heterocycles. The van der Waals surface area contributed by atoms with E-state index in [-0.39, 0.29) is 0 Å². The van der Waals surface area contributed by atoms with Gasteiger partial charge in [-0.2, -0.15) is 0 Å². The van der Waals surface area contributed by atoms with Gasteiger partial charge in [-0.25, -0.2) is 0 Å². The molecule has 1 aliphatic rings. The lowest BCUT2D eigenvalue weighted by Crippen LogP contribution is -2.02. The molecule has 0 radical (unpaired) electrons. The predicted octanol–water partition coefficient (Wildman–Crippen LogP) is 1.60. The molecule has 1 aliphatic carbocycles. The monoisotopic (exact) mass is 152 g/mol. The van der Waals surface area contributed by atoms with E-state index >= 15 is 0 Å². The first-order valence-corrected chi connectivity index (χ1v) is 4.07. The Hall–Kier alpha value is -0.990. The number of fused-ring (bicyclic) bond motifs is 1. The molecular weight excluding hydrogens is 140 g/mol. The number of hydrogen-bond acceptors (Lipinski definition) is 3. The summed E-state index contributed by atoms with van der Waals surface area (Å²) in [4.78, 5) is 0. The van der Waals surface area contributed by atoms with Crippen molar-refractivity contribution in [2.75, 3.05) is 12.4 Å². The molecule has 0 aliphatic heterocycles. The summed E-state index contributed by atoms with van der Waals surface area (Å²) < 4.78 is 5.11. The Morgan fingerprint density at radius 1 is 1.36 bits per heavy atom. The Labute approximate surface area is 65.8 Å². The van der Waals surface area contributed by atoms with E-state index in [1.807, 2.05) is 7.05 Å². The molecule has 3 heteroatoms. The fourth-order valence-corrected chi connectivity index (χ4v) is 1.59. The van der Waals surface area contributed by atoms with Gasteiger partial charge in [0, 0.05) is 12.6 Å². The van der Waals surface area contributed by atoms with E-state index in [0.29, 0.717) is 0 Å². The zero-order valence-electron chi connectivity index (χ0n) is 6.68. The van der Waals surface area contributed by atoms with E-state index in [2.05, 4.69) is 10.5 Å². The summed E-state index contributed by atoms with van der Waals surface area (Å²) in [6, 6.07) is 0. The highest BCUT2D eigenvalue weighted by atomic mass is 16.5. The highest BCUT2D eigenvalue weighted by molar-refractivity contribution is 5.43. The van der Waals surface area contributed by atoms with Crippen LogP contribution in [0.3, 0.4) is 0 Å². The minimum absolute atomic E-state index is 0.861. The van der Waals surface area contributed by atoms with Crippen molar-refractivity contribution in [1.29, 1.82) is 0 Å². The van der Waals surface area contributed by atoms with Gasteiger partial charge in [-0.05, 0) is 25.7 Å². The molecule has 0 amide bonds. The first-order chi connectivity index (χ1) is 5.42. The van der Waals surface area contributed by atoms with Crippen LogP contribution in [-0.4, -0.2) is 12.2 Å². The van der Waals surface area contributed by atoms with Gasteiger partial charge in [0.25, 0.3) is 0 Å². The van der Waals surface area contributed by atoms with Gasteiger partial charge in [-0.1, -0.05) is 5.16 Å². The average molecular weight is 152 g/mol. The first-order valence-electron chi connectivity index (χ1n) is 4.07. The molecule has 1 aromatic heterocycles. The van der Waals surface area contributed by atoms with Gasteiger partial charge >= 0.3 is 0 Å². The fraction of sp³-hybridized carbons (Fsp3) is 0.625. The second-order valence-corrected chi connectivity index (χ2v) is 2.89. The van der Waals surface area contributed by atoms with Crippen LogP contribution in [0.25, 0.3) is 0 Å². The van der Waals surface area contributed by atoms with Crippen LogP contribution < -0.4 is 5.32 Å². The Bertz CT molecular complexity index is 241. The number of nitrogens with one attached hydrogen (secondary N) is 1. The van der Waals surface area contributed by atoms with Crippen molar-refractivity contribution < 1.29 is 4.52 Å². The molecule has 0 atom stereocenters. The summed E-state index contributed by atoms with van der Waals surface area (Å²) in [6.07, 6.45) is 4.72. The first kappa shape index (κ1) is 6.70. The summed E-state index contributed by atoms with van der Waals surface area (Å²) in [7, 11) is 1.87. The van der Waals surface area contributed by atoms with E-state index in [4.69, 9.17) is 4.52 Å². The third-order valence-electron chi connectivity index (χ3n) is 2.19. The summed E-state index contributed by atoms with van der Waals surface area (Å²) in [5.74, 6) is 0.861. The van der Waals surface area contributed by atoms with E-state index in [9.17, 15) is 0 Å². The molecule has 11 heavy (non-hydrogen) atoms. The van der Waals surface area contributed by atoms with Gasteiger partial charge in [-0.3, -0.25) is 0 Å². The van der Waals surface area contributed by atoms with Crippen molar-refractivity contribution in [3.8, 4) is 0 Å². The van der Waals surface area contributed by atoms with Crippen molar-refractivity contribution in [3.63, 3.8) is 0 Å². The minimum Gasteiger partial charge on any atom is -0.357 e. The number of anilines is 1. The number of nitrogens with zero attached hydrogens (tertiary/aromatic N) is 1. The van der Waals surface area contributed by atoms with Crippen LogP contribution in [0.5, 0.6) is 0 Å². The molecular formula is C8H12N2O. The van der Waals surface area contributed by atoms with Gasteiger partial charge in [0.2, 0.25) is 5.88 Å². The Morgan fingerprint density at radius 3 is 3.00 bits per heavy atom. The standard InChI is InChI=1S/C8H12N2O/c1-9-8-6-4-2-3-5-7(6)10-11-8/h9H,2-5H2,1H3. The summed E-state index contributed by atoms with van der Waals surface area (Å²) in [5, 5.41) is 7.00. The second kappa shape index (κ2) is 2.57. The van der Waals surface area contributed by atoms with Gasteiger partial charge in [0.05, 0.1) is 5.69 Å². The number of aromatic nitrogens is 1. The maximum absolute atomic E-state index is 5.11. The van der Waals surface area contributed by atoms with Gasteiger partial charge < -0.3 is 9.84 Å². The van der Waals surface area contributed by atoms with Gasteiger partial charge in [0.1, 0.15) is 0 Å². The fourth-order valence-electron chi connectivity index (χ4n) is 1.59. The third kappa shape index (κ3) is 1.00. The number of aryl methyl sites for hydroxylation is 1. The van der Waals surface area contributed by atoms with Crippen LogP contribution in [0.15, 0.2) is 4.52 Å². The summed E-state index contributed by atoms with van der Waals surface area (Å²) in [6.45, 7) is 0. The van der Waals surface area contributed by atoms with Crippen LogP contribution in [0, 0.1) is 0 Å². The third-order valence-corrected chi connectivity index (χ3v) is 2.19. The van der Waals surface area contributed by atoms with E-state index in [1.54, 1.807) is 0 Å². The van der Waals surface area contributed by atoms with Crippen molar-refractivity contribution in [1.82, 2.24) is 5.16 Å². The average Bonchev–Trinajstić information content (AvgIpc) is 2.47. The highest BCUT2D eigenvalue weighted by Crippen LogP contribution is 2.26. The quantitative estimate of drug-likeness (QED) is 0.664. The Kier molecular flexibility index (Phi) is 1.56. The molecule has 1 aromatic rings. The van der Waals surface area contributed by atoms with Gasteiger partial charge in [-0.15, -0.1) is 0 Å². The molecule has 0 saturated carbocycles. The largest absolute Gasteiger partial charge is 0.357 e. The zero-order chi connectivity index (χ0) is 7.68. The molecule has 3 nitrogen and oxygen atoms in total. The molecule has 0 fully saturated rings.